The van der Waals surface area contributed by atoms with Crippen molar-refractivity contribution in [1.82, 2.24) is 0 Å². The molecule has 4 aromatic carbocycles. The van der Waals surface area contributed by atoms with Crippen LogP contribution < -0.4 is 9.46 Å². The molecular formula is C23H19NO6S2. The standard InChI is InChI=1S/C23H19NO6S2/c1-30-16-11-13-18(14-12-16)32(28,29)24-21-15-22(23(25)20-10-6-5-9-19(20)21)31(26,27)17-7-3-2-4-8-17/h2-15,24-25H,1H3. The van der Waals surface area contributed by atoms with E-state index in [1.54, 1.807) is 36.4 Å². The molecule has 164 valence electrons. The predicted octanol–water partition coefficient (Wildman–Crippen LogP) is 4.19. The van der Waals surface area contributed by atoms with Gasteiger partial charge in [-0.15, -0.1) is 0 Å². The van der Waals surface area contributed by atoms with Crippen molar-refractivity contribution in [2.24, 2.45) is 0 Å². The topological polar surface area (TPSA) is 110 Å². The molecule has 0 amide bonds. The third-order valence-electron chi connectivity index (χ3n) is 4.94. The largest absolute Gasteiger partial charge is 0.506 e. The van der Waals surface area contributed by atoms with Crippen molar-refractivity contribution < 1.29 is 26.7 Å². The van der Waals surface area contributed by atoms with Gasteiger partial charge in [0, 0.05) is 10.8 Å². The van der Waals surface area contributed by atoms with Crippen molar-refractivity contribution in [3.8, 4) is 11.5 Å². The molecule has 0 aliphatic heterocycles. The molecule has 0 aromatic heterocycles. The third kappa shape index (κ3) is 3.88. The summed E-state index contributed by atoms with van der Waals surface area (Å²) in [6.45, 7) is 0. The fraction of sp³-hybridized carbons (Fsp3) is 0.0435. The van der Waals surface area contributed by atoms with Gasteiger partial charge in [0.25, 0.3) is 10.0 Å². The summed E-state index contributed by atoms with van der Waals surface area (Å²) in [6, 6.07) is 21.0. The molecular weight excluding hydrogens is 450 g/mol. The van der Waals surface area contributed by atoms with Gasteiger partial charge in [-0.25, -0.2) is 16.8 Å². The van der Waals surface area contributed by atoms with Crippen LogP contribution in [0.5, 0.6) is 11.5 Å². The summed E-state index contributed by atoms with van der Waals surface area (Å²) in [6.07, 6.45) is 0. The Labute approximate surface area is 185 Å². The first kappa shape index (κ1) is 21.7. The van der Waals surface area contributed by atoms with Gasteiger partial charge in [0.1, 0.15) is 16.4 Å². The van der Waals surface area contributed by atoms with Crippen LogP contribution in [0.25, 0.3) is 10.8 Å². The number of rotatable bonds is 6. The van der Waals surface area contributed by atoms with Crippen molar-refractivity contribution in [2.45, 2.75) is 14.7 Å². The third-order valence-corrected chi connectivity index (χ3v) is 8.10. The normalized spacial score (nSPS) is 11.9. The highest BCUT2D eigenvalue weighted by Crippen LogP contribution is 2.40. The van der Waals surface area contributed by atoms with Crippen molar-refractivity contribution in [3.63, 3.8) is 0 Å². The number of benzene rings is 4. The highest BCUT2D eigenvalue weighted by Gasteiger charge is 2.26. The zero-order valence-electron chi connectivity index (χ0n) is 16.9. The molecule has 2 N–H and O–H groups in total. The molecule has 4 aromatic rings. The number of aromatic hydroxyl groups is 1. The second-order valence-corrected chi connectivity index (χ2v) is 10.5. The maximum Gasteiger partial charge on any atom is 0.261 e. The number of fused-ring (bicyclic) bond motifs is 1. The molecule has 0 spiro atoms. The van der Waals surface area contributed by atoms with E-state index in [-0.39, 0.29) is 20.9 Å². The fourth-order valence-electron chi connectivity index (χ4n) is 3.31. The Hall–Kier alpha value is -3.56. The number of nitrogens with one attached hydrogen (secondary N) is 1. The van der Waals surface area contributed by atoms with Gasteiger partial charge in [0.15, 0.2) is 0 Å². The molecule has 0 bridgehead atoms. The summed E-state index contributed by atoms with van der Waals surface area (Å²) in [4.78, 5) is -0.438. The number of sulfone groups is 1. The van der Waals surface area contributed by atoms with Crippen LogP contribution in [0.3, 0.4) is 0 Å². The number of phenolic OH excluding ortho intramolecular Hbond substituents is 1. The first-order valence-electron chi connectivity index (χ1n) is 9.46. The van der Waals surface area contributed by atoms with Gasteiger partial charge in [-0.3, -0.25) is 4.72 Å². The van der Waals surface area contributed by atoms with Crippen LogP contribution in [0.1, 0.15) is 0 Å². The van der Waals surface area contributed by atoms with Gasteiger partial charge < -0.3 is 9.84 Å². The molecule has 7 nitrogen and oxygen atoms in total. The van der Waals surface area contributed by atoms with E-state index in [1.165, 1.54) is 49.6 Å². The van der Waals surface area contributed by atoms with Crippen LogP contribution in [-0.2, 0) is 19.9 Å². The Balaban J connectivity index is 1.89. The summed E-state index contributed by atoms with van der Waals surface area (Å²) >= 11 is 0. The van der Waals surface area contributed by atoms with Crippen molar-refractivity contribution in [2.75, 3.05) is 11.8 Å². The Bertz CT molecular complexity index is 1500. The first-order chi connectivity index (χ1) is 15.2. The van der Waals surface area contributed by atoms with Crippen molar-refractivity contribution >= 4 is 36.3 Å². The number of anilines is 1. The summed E-state index contributed by atoms with van der Waals surface area (Å²) in [7, 11) is -6.69. The first-order valence-corrected chi connectivity index (χ1v) is 12.4. The molecule has 4 rings (SSSR count). The number of hydrogen-bond acceptors (Lipinski definition) is 6. The highest BCUT2D eigenvalue weighted by atomic mass is 32.2. The van der Waals surface area contributed by atoms with Crippen molar-refractivity contribution in [1.29, 1.82) is 0 Å². The van der Waals surface area contributed by atoms with Crippen molar-refractivity contribution in [3.05, 3.63) is 84.9 Å². The average Bonchev–Trinajstić information content (AvgIpc) is 2.81. The zero-order chi connectivity index (χ0) is 22.9. The molecule has 0 unspecified atom stereocenters. The van der Waals surface area contributed by atoms with E-state index in [0.29, 0.717) is 11.1 Å². The SMILES string of the molecule is COc1ccc(S(=O)(=O)Nc2cc(S(=O)(=O)c3ccccc3)c(O)c3ccccc23)cc1. The molecule has 9 heteroatoms. The van der Waals surface area contributed by atoms with E-state index in [9.17, 15) is 21.9 Å². The monoisotopic (exact) mass is 469 g/mol. The van der Waals surface area contributed by atoms with Gasteiger partial charge in [0.2, 0.25) is 9.84 Å². The number of hydrogen-bond donors (Lipinski definition) is 2. The summed E-state index contributed by atoms with van der Waals surface area (Å²) in [5.41, 5.74) is 0.0312. The summed E-state index contributed by atoms with van der Waals surface area (Å²) < 4.78 is 59.9. The smallest absolute Gasteiger partial charge is 0.261 e. The van der Waals surface area contributed by atoms with Crippen LogP contribution in [0.15, 0.2) is 99.6 Å². The van der Waals surface area contributed by atoms with Crippen LogP contribution in [0.4, 0.5) is 5.69 Å². The second kappa shape index (κ2) is 8.18. The van der Waals surface area contributed by atoms with Gasteiger partial charge in [-0.1, -0.05) is 42.5 Å². The molecule has 0 saturated carbocycles. The van der Waals surface area contributed by atoms with Gasteiger partial charge >= 0.3 is 0 Å². The Morgan fingerprint density at radius 1 is 0.750 bits per heavy atom. The maximum absolute atomic E-state index is 13.2. The predicted molar refractivity (Wildman–Crippen MR) is 121 cm³/mol. The van der Waals surface area contributed by atoms with Crippen LogP contribution >= 0.6 is 0 Å². The average molecular weight is 470 g/mol. The lowest BCUT2D eigenvalue weighted by molar-refractivity contribution is 0.414. The molecule has 32 heavy (non-hydrogen) atoms. The minimum Gasteiger partial charge on any atom is -0.506 e. The zero-order valence-corrected chi connectivity index (χ0v) is 18.5. The minimum atomic E-state index is -4.11. The fourth-order valence-corrected chi connectivity index (χ4v) is 5.79. The van der Waals surface area contributed by atoms with E-state index in [2.05, 4.69) is 4.72 Å². The van der Waals surface area contributed by atoms with Crippen LogP contribution in [-0.4, -0.2) is 29.1 Å². The molecule has 0 aliphatic rings. The molecule has 0 fully saturated rings. The minimum absolute atomic E-state index is 0.0189. The summed E-state index contributed by atoms with van der Waals surface area (Å²) in [5.74, 6) is 0.0483. The van der Waals surface area contributed by atoms with Crippen LogP contribution in [0.2, 0.25) is 0 Å². The van der Waals surface area contributed by atoms with E-state index in [4.69, 9.17) is 4.74 Å². The summed E-state index contributed by atoms with van der Waals surface area (Å²) in [5, 5.41) is 11.3. The quantitative estimate of drug-likeness (QED) is 0.410. The second-order valence-electron chi connectivity index (χ2n) is 6.91. The highest BCUT2D eigenvalue weighted by molar-refractivity contribution is 7.93. The molecule has 0 aliphatic carbocycles. The Morgan fingerprint density at radius 2 is 1.34 bits per heavy atom. The maximum atomic E-state index is 13.2. The lowest BCUT2D eigenvalue weighted by Crippen LogP contribution is -2.14. The van der Waals surface area contributed by atoms with E-state index in [0.717, 1.165) is 6.07 Å². The number of sulfonamides is 1. The molecule has 0 atom stereocenters. The van der Waals surface area contributed by atoms with E-state index >= 15 is 0 Å². The Morgan fingerprint density at radius 3 is 1.97 bits per heavy atom. The van der Waals surface area contributed by atoms with E-state index in [1.807, 2.05) is 0 Å². The number of phenols is 1. The van der Waals surface area contributed by atoms with Gasteiger partial charge in [-0.2, -0.15) is 0 Å². The van der Waals surface area contributed by atoms with E-state index < -0.39 is 30.5 Å². The van der Waals surface area contributed by atoms with Gasteiger partial charge in [0.05, 0.1) is 22.6 Å². The van der Waals surface area contributed by atoms with Crippen LogP contribution in [0, 0.1) is 0 Å². The molecule has 0 radical (unpaired) electrons. The lowest BCUT2D eigenvalue weighted by atomic mass is 10.1. The lowest BCUT2D eigenvalue weighted by Gasteiger charge is -2.15. The molecule has 0 saturated heterocycles. The Kier molecular flexibility index (Phi) is 5.53. The number of ether oxygens (including phenoxy) is 1. The number of methoxy groups -OCH3 is 1. The van der Waals surface area contributed by atoms with Gasteiger partial charge in [-0.05, 0) is 42.5 Å². The molecule has 0 heterocycles.